The van der Waals surface area contributed by atoms with Gasteiger partial charge in [0, 0.05) is 28.3 Å². The van der Waals surface area contributed by atoms with Crippen LogP contribution >= 0.6 is 0 Å². The quantitative estimate of drug-likeness (QED) is 0.837. The zero-order chi connectivity index (χ0) is 12.0. The molecule has 98 valence electrons. The zero-order valence-corrected chi connectivity index (χ0v) is 11.7. The molecule has 4 saturated carbocycles. The van der Waals surface area contributed by atoms with Gasteiger partial charge in [-0.15, -0.1) is 0 Å². The fraction of sp³-hybridized carbons (Fsp3) is 1.00. The van der Waals surface area contributed by atoms with E-state index in [0.717, 1.165) is 29.3 Å². The van der Waals surface area contributed by atoms with E-state index < -0.39 is 10.8 Å². The molecular weight excluding hydrogens is 230 g/mol. The minimum absolute atomic E-state index is 0.191. The second-order valence-corrected chi connectivity index (χ2v) is 8.57. The van der Waals surface area contributed by atoms with E-state index in [1.165, 1.54) is 38.5 Å². The molecule has 0 heterocycles. The summed E-state index contributed by atoms with van der Waals surface area (Å²) in [6.45, 7) is 2.00. The Hall–Kier alpha value is 0.110. The lowest BCUT2D eigenvalue weighted by molar-refractivity contribution is -0.0630. The fourth-order valence-electron chi connectivity index (χ4n) is 5.13. The maximum absolute atomic E-state index is 11.7. The Kier molecular flexibility index (Phi) is 3.10. The molecule has 0 aromatic heterocycles. The molecule has 4 fully saturated rings. The van der Waals surface area contributed by atoms with Crippen molar-refractivity contribution in [1.29, 1.82) is 0 Å². The van der Waals surface area contributed by atoms with Crippen LogP contribution in [-0.4, -0.2) is 21.8 Å². The lowest BCUT2D eigenvalue weighted by Crippen LogP contribution is -2.56. The molecular formula is C14H25NOS. The number of rotatable bonds is 4. The third kappa shape index (κ3) is 2.10. The van der Waals surface area contributed by atoms with Gasteiger partial charge in [-0.3, -0.25) is 4.21 Å². The molecule has 4 aliphatic carbocycles. The van der Waals surface area contributed by atoms with E-state index in [2.05, 4.69) is 0 Å². The van der Waals surface area contributed by atoms with Gasteiger partial charge >= 0.3 is 0 Å². The van der Waals surface area contributed by atoms with Crippen LogP contribution in [0.15, 0.2) is 0 Å². The largest absolute Gasteiger partial charge is 0.326 e. The van der Waals surface area contributed by atoms with Gasteiger partial charge in [-0.05, 0) is 61.7 Å². The predicted octanol–water partition coefficient (Wildman–Crippen LogP) is 2.30. The third-order valence-electron chi connectivity index (χ3n) is 5.56. The maximum atomic E-state index is 11.7. The molecule has 0 aliphatic heterocycles. The van der Waals surface area contributed by atoms with Crippen LogP contribution in [0.5, 0.6) is 0 Å². The van der Waals surface area contributed by atoms with Crippen LogP contribution in [0.25, 0.3) is 0 Å². The molecule has 2 unspecified atom stereocenters. The van der Waals surface area contributed by atoms with Crippen molar-refractivity contribution in [2.75, 3.05) is 11.5 Å². The van der Waals surface area contributed by atoms with E-state index in [1.54, 1.807) is 0 Å². The first-order chi connectivity index (χ1) is 8.11. The molecule has 0 radical (unpaired) electrons. The fourth-order valence-corrected chi connectivity index (χ4v) is 6.12. The van der Waals surface area contributed by atoms with E-state index in [-0.39, 0.29) is 6.04 Å². The highest BCUT2D eigenvalue weighted by molar-refractivity contribution is 7.84. The van der Waals surface area contributed by atoms with Crippen LogP contribution in [0.1, 0.15) is 45.4 Å². The number of hydrogen-bond donors (Lipinski definition) is 1. The van der Waals surface area contributed by atoms with Crippen LogP contribution < -0.4 is 5.73 Å². The summed E-state index contributed by atoms with van der Waals surface area (Å²) in [7, 11) is -0.695. The Labute approximate surface area is 107 Å². The lowest BCUT2D eigenvalue weighted by Gasteiger charge is -2.58. The molecule has 0 saturated heterocycles. The molecule has 2 atom stereocenters. The first-order valence-electron chi connectivity index (χ1n) is 7.22. The van der Waals surface area contributed by atoms with Crippen molar-refractivity contribution in [3.05, 3.63) is 0 Å². The maximum Gasteiger partial charge on any atom is 0.0391 e. The molecule has 4 bridgehead atoms. The van der Waals surface area contributed by atoms with E-state index in [4.69, 9.17) is 5.73 Å². The highest BCUT2D eigenvalue weighted by atomic mass is 32.2. The predicted molar refractivity (Wildman–Crippen MR) is 72.1 cm³/mol. The molecule has 3 heteroatoms. The van der Waals surface area contributed by atoms with Gasteiger partial charge in [-0.2, -0.15) is 0 Å². The average molecular weight is 255 g/mol. The van der Waals surface area contributed by atoms with Gasteiger partial charge in [0.1, 0.15) is 0 Å². The summed E-state index contributed by atoms with van der Waals surface area (Å²) in [4.78, 5) is 0. The SMILES string of the molecule is CCS(=O)CC(N)C12CC3CC(CC(C3)C1)C2. The molecule has 0 spiro atoms. The summed E-state index contributed by atoms with van der Waals surface area (Å²) in [5.74, 6) is 4.34. The van der Waals surface area contributed by atoms with Crippen LogP contribution in [0.3, 0.4) is 0 Å². The van der Waals surface area contributed by atoms with Crippen molar-refractivity contribution >= 4 is 10.8 Å². The summed E-state index contributed by atoms with van der Waals surface area (Å²) in [6.07, 6.45) is 8.39. The summed E-state index contributed by atoms with van der Waals surface area (Å²) in [5, 5.41) is 0. The Morgan fingerprint density at radius 1 is 1.18 bits per heavy atom. The van der Waals surface area contributed by atoms with Gasteiger partial charge in [0.25, 0.3) is 0 Å². The van der Waals surface area contributed by atoms with Crippen molar-refractivity contribution < 1.29 is 4.21 Å². The molecule has 4 aliphatic rings. The molecule has 0 aromatic rings. The summed E-state index contributed by atoms with van der Waals surface area (Å²) in [6, 6.07) is 0.191. The minimum Gasteiger partial charge on any atom is -0.326 e. The van der Waals surface area contributed by atoms with Gasteiger partial charge in [-0.25, -0.2) is 0 Å². The molecule has 4 rings (SSSR count). The average Bonchev–Trinajstić information content (AvgIpc) is 2.26. The van der Waals surface area contributed by atoms with Gasteiger partial charge in [0.15, 0.2) is 0 Å². The van der Waals surface area contributed by atoms with Crippen molar-refractivity contribution in [3.8, 4) is 0 Å². The molecule has 0 aromatic carbocycles. The van der Waals surface area contributed by atoms with Crippen LogP contribution in [-0.2, 0) is 10.8 Å². The Morgan fingerprint density at radius 3 is 2.06 bits per heavy atom. The molecule has 2 nitrogen and oxygen atoms in total. The standard InChI is InChI=1S/C14H25NOS/c1-2-17(16)9-13(15)14-6-10-3-11(7-14)5-12(4-10)8-14/h10-13H,2-9,15H2,1H3. The van der Waals surface area contributed by atoms with E-state index in [0.29, 0.717) is 5.41 Å². The topological polar surface area (TPSA) is 43.1 Å². The third-order valence-corrected chi connectivity index (χ3v) is 6.93. The van der Waals surface area contributed by atoms with Crippen molar-refractivity contribution in [1.82, 2.24) is 0 Å². The molecule has 0 amide bonds. The second-order valence-electron chi connectivity index (χ2n) is 6.78. The van der Waals surface area contributed by atoms with Crippen molar-refractivity contribution in [2.45, 2.75) is 51.5 Å². The Balaban J connectivity index is 1.75. The van der Waals surface area contributed by atoms with E-state index in [1.807, 2.05) is 6.92 Å². The van der Waals surface area contributed by atoms with Crippen LogP contribution in [0.4, 0.5) is 0 Å². The summed E-state index contributed by atoms with van der Waals surface area (Å²) in [5.41, 5.74) is 6.83. The highest BCUT2D eigenvalue weighted by Crippen LogP contribution is 2.60. The smallest absolute Gasteiger partial charge is 0.0391 e. The van der Waals surface area contributed by atoms with Gasteiger partial charge in [0.05, 0.1) is 0 Å². The first-order valence-corrected chi connectivity index (χ1v) is 8.70. The van der Waals surface area contributed by atoms with Crippen LogP contribution in [0, 0.1) is 23.2 Å². The monoisotopic (exact) mass is 255 g/mol. The summed E-state index contributed by atoms with van der Waals surface area (Å²) < 4.78 is 11.7. The zero-order valence-electron chi connectivity index (χ0n) is 10.9. The lowest BCUT2D eigenvalue weighted by atomic mass is 9.48. The van der Waals surface area contributed by atoms with E-state index >= 15 is 0 Å². The number of hydrogen-bond acceptors (Lipinski definition) is 2. The normalized spacial score (nSPS) is 47.1. The summed E-state index contributed by atoms with van der Waals surface area (Å²) >= 11 is 0. The minimum atomic E-state index is -0.695. The van der Waals surface area contributed by atoms with Gasteiger partial charge in [0.2, 0.25) is 0 Å². The van der Waals surface area contributed by atoms with Crippen molar-refractivity contribution in [3.63, 3.8) is 0 Å². The van der Waals surface area contributed by atoms with E-state index in [9.17, 15) is 4.21 Å². The van der Waals surface area contributed by atoms with Gasteiger partial charge < -0.3 is 5.73 Å². The second kappa shape index (κ2) is 4.34. The Morgan fingerprint density at radius 2 is 1.65 bits per heavy atom. The van der Waals surface area contributed by atoms with Gasteiger partial charge in [-0.1, -0.05) is 6.92 Å². The van der Waals surface area contributed by atoms with Crippen molar-refractivity contribution in [2.24, 2.45) is 28.9 Å². The molecule has 2 N–H and O–H groups in total. The Bertz CT molecular complexity index is 293. The first kappa shape index (κ1) is 12.2. The number of nitrogens with two attached hydrogens (primary N) is 1. The molecule has 17 heavy (non-hydrogen) atoms. The van der Waals surface area contributed by atoms with Crippen LogP contribution in [0.2, 0.25) is 0 Å². The highest BCUT2D eigenvalue weighted by Gasteiger charge is 2.53.